The second kappa shape index (κ2) is 4.65. The first kappa shape index (κ1) is 12.7. The lowest BCUT2D eigenvalue weighted by atomic mass is 9.99. The Bertz CT molecular complexity index is 509. The summed E-state index contributed by atoms with van der Waals surface area (Å²) >= 11 is 5.91. The second-order valence-electron chi connectivity index (χ2n) is 5.23. The molecule has 2 unspecified atom stereocenters. The van der Waals surface area contributed by atoms with E-state index >= 15 is 0 Å². The summed E-state index contributed by atoms with van der Waals surface area (Å²) in [5.41, 5.74) is 0.178. The highest BCUT2D eigenvalue weighted by Gasteiger charge is 2.42. The molecule has 0 aliphatic carbocycles. The van der Waals surface area contributed by atoms with Gasteiger partial charge in [-0.2, -0.15) is 0 Å². The molecule has 1 aromatic rings. The van der Waals surface area contributed by atoms with Gasteiger partial charge in [-0.15, -0.1) is 0 Å². The Morgan fingerprint density at radius 3 is 2.53 bits per heavy atom. The molecule has 0 aromatic carbocycles. The summed E-state index contributed by atoms with van der Waals surface area (Å²) in [6.45, 7) is 0. The van der Waals surface area contributed by atoms with Gasteiger partial charge in [0.2, 0.25) is 0 Å². The van der Waals surface area contributed by atoms with Crippen LogP contribution in [0.5, 0.6) is 0 Å². The van der Waals surface area contributed by atoms with Gasteiger partial charge in [-0.25, -0.2) is 9.78 Å². The Kier molecular flexibility index (Phi) is 3.11. The zero-order chi connectivity index (χ0) is 13.6. The topological polar surface area (TPSA) is 73.7 Å². The molecule has 2 aliphatic rings. The number of aromatic nitrogens is 1. The minimum Gasteiger partial charge on any atom is -0.478 e. The summed E-state index contributed by atoms with van der Waals surface area (Å²) in [6, 6.07) is 3.32. The van der Waals surface area contributed by atoms with E-state index in [1.165, 1.54) is 12.1 Å². The molecule has 3 rings (SSSR count). The average Bonchev–Trinajstić information content (AvgIpc) is 2.61. The van der Waals surface area contributed by atoms with Crippen molar-refractivity contribution in [3.63, 3.8) is 0 Å². The lowest BCUT2D eigenvalue weighted by Crippen LogP contribution is -2.45. The molecule has 102 valence electrons. The lowest BCUT2D eigenvalue weighted by Gasteiger charge is -2.38. The van der Waals surface area contributed by atoms with Crippen LogP contribution in [-0.4, -0.2) is 39.4 Å². The molecule has 2 aliphatic heterocycles. The molecule has 0 amide bonds. The first-order valence-electron chi connectivity index (χ1n) is 6.42. The number of hydrogen-bond donors (Lipinski definition) is 2. The molecule has 5 nitrogen and oxygen atoms in total. The van der Waals surface area contributed by atoms with Gasteiger partial charge in [0.05, 0.1) is 6.10 Å². The summed E-state index contributed by atoms with van der Waals surface area (Å²) in [5, 5.41) is 19.4. The van der Waals surface area contributed by atoms with Crippen LogP contribution in [0.1, 0.15) is 36.0 Å². The predicted octanol–water partition coefficient (Wildman–Crippen LogP) is 1.93. The van der Waals surface area contributed by atoms with E-state index in [1.807, 2.05) is 4.90 Å². The number of carboxylic acids is 1. The van der Waals surface area contributed by atoms with Gasteiger partial charge in [0.25, 0.3) is 0 Å². The molecule has 19 heavy (non-hydrogen) atoms. The molecule has 6 heteroatoms. The number of piperidine rings is 1. The van der Waals surface area contributed by atoms with Crippen molar-refractivity contribution in [3.8, 4) is 0 Å². The van der Waals surface area contributed by atoms with Gasteiger partial charge in [0.1, 0.15) is 16.5 Å². The first-order valence-corrected chi connectivity index (χ1v) is 6.80. The molecule has 0 saturated carbocycles. The number of hydrogen-bond acceptors (Lipinski definition) is 4. The Hall–Kier alpha value is -1.33. The Morgan fingerprint density at radius 2 is 1.95 bits per heavy atom. The average molecular weight is 283 g/mol. The maximum atomic E-state index is 11.3. The van der Waals surface area contributed by atoms with E-state index in [9.17, 15) is 15.0 Å². The number of rotatable bonds is 2. The number of fused-ring (bicyclic) bond motifs is 2. The van der Waals surface area contributed by atoms with E-state index in [2.05, 4.69) is 4.98 Å². The molecule has 3 heterocycles. The number of carbonyl (C=O) groups is 1. The van der Waals surface area contributed by atoms with Gasteiger partial charge in [-0.3, -0.25) is 0 Å². The van der Waals surface area contributed by atoms with Gasteiger partial charge in [0.15, 0.2) is 0 Å². The van der Waals surface area contributed by atoms with Crippen molar-refractivity contribution < 1.29 is 15.0 Å². The smallest absolute Gasteiger partial charge is 0.339 e. The SMILES string of the molecule is O=C(O)c1ccc(Cl)nc1N1C2CCC1CC(O)C2. The Balaban J connectivity index is 2.03. The predicted molar refractivity (Wildman–Crippen MR) is 70.7 cm³/mol. The summed E-state index contributed by atoms with van der Waals surface area (Å²) < 4.78 is 0. The maximum Gasteiger partial charge on any atom is 0.339 e. The fourth-order valence-electron chi connectivity index (χ4n) is 3.28. The van der Waals surface area contributed by atoms with Crippen molar-refractivity contribution in [1.82, 2.24) is 4.98 Å². The number of halogens is 1. The third-order valence-corrected chi connectivity index (χ3v) is 4.23. The number of aromatic carboxylic acids is 1. The standard InChI is InChI=1S/C13H15ClN2O3/c14-11-4-3-10(13(18)19)12(15-11)16-7-1-2-8(16)6-9(17)5-7/h3-4,7-9,17H,1-2,5-6H2,(H,18,19). The number of nitrogens with zero attached hydrogens (tertiary/aromatic N) is 2. The molecule has 0 spiro atoms. The van der Waals surface area contributed by atoms with E-state index in [4.69, 9.17) is 11.6 Å². The van der Waals surface area contributed by atoms with Gasteiger partial charge < -0.3 is 15.1 Å². The number of anilines is 1. The second-order valence-corrected chi connectivity index (χ2v) is 5.62. The number of pyridine rings is 1. The summed E-state index contributed by atoms with van der Waals surface area (Å²) in [5.74, 6) is -0.552. The van der Waals surface area contributed by atoms with Gasteiger partial charge >= 0.3 is 5.97 Å². The van der Waals surface area contributed by atoms with Crippen molar-refractivity contribution in [2.75, 3.05) is 4.90 Å². The molecule has 0 radical (unpaired) electrons. The van der Waals surface area contributed by atoms with Crippen LogP contribution in [0.2, 0.25) is 5.15 Å². The molecule has 2 atom stereocenters. The van der Waals surface area contributed by atoms with E-state index in [1.54, 1.807) is 0 Å². The van der Waals surface area contributed by atoms with Crippen LogP contribution >= 0.6 is 11.6 Å². The Labute approximate surface area is 115 Å². The maximum absolute atomic E-state index is 11.3. The first-order chi connectivity index (χ1) is 9.06. The van der Waals surface area contributed by atoms with Gasteiger partial charge in [0, 0.05) is 12.1 Å². The summed E-state index contributed by atoms with van der Waals surface area (Å²) in [7, 11) is 0. The third-order valence-electron chi connectivity index (χ3n) is 4.02. The van der Waals surface area contributed by atoms with E-state index in [-0.39, 0.29) is 23.8 Å². The molecular weight excluding hydrogens is 268 g/mol. The lowest BCUT2D eigenvalue weighted by molar-refractivity contribution is 0.0696. The van der Waals surface area contributed by atoms with Gasteiger partial charge in [-0.1, -0.05) is 11.6 Å². The quantitative estimate of drug-likeness (QED) is 0.811. The Morgan fingerprint density at radius 1 is 1.32 bits per heavy atom. The van der Waals surface area contributed by atoms with Crippen LogP contribution in [0.25, 0.3) is 0 Å². The fraction of sp³-hybridized carbons (Fsp3) is 0.538. The van der Waals surface area contributed by atoms with E-state index in [0.717, 1.165) is 12.8 Å². The minimum absolute atomic E-state index is 0.165. The van der Waals surface area contributed by atoms with Crippen LogP contribution in [0.15, 0.2) is 12.1 Å². The van der Waals surface area contributed by atoms with E-state index < -0.39 is 5.97 Å². The monoisotopic (exact) mass is 282 g/mol. The minimum atomic E-state index is -0.996. The van der Waals surface area contributed by atoms with Crippen LogP contribution < -0.4 is 4.90 Å². The zero-order valence-electron chi connectivity index (χ0n) is 10.3. The highest BCUT2D eigenvalue weighted by Crippen LogP contribution is 2.40. The molecule has 2 bridgehead atoms. The van der Waals surface area contributed by atoms with Crippen LogP contribution in [0.3, 0.4) is 0 Å². The van der Waals surface area contributed by atoms with E-state index in [0.29, 0.717) is 23.8 Å². The normalized spacial score (nSPS) is 29.6. The van der Waals surface area contributed by atoms with Crippen molar-refractivity contribution in [3.05, 3.63) is 22.8 Å². The number of aliphatic hydroxyl groups excluding tert-OH is 1. The number of carboxylic acid groups (broad SMARTS) is 1. The zero-order valence-corrected chi connectivity index (χ0v) is 11.0. The number of aliphatic hydroxyl groups is 1. The molecule has 2 N–H and O–H groups in total. The largest absolute Gasteiger partial charge is 0.478 e. The fourth-order valence-corrected chi connectivity index (χ4v) is 3.43. The molecule has 2 saturated heterocycles. The highest BCUT2D eigenvalue weighted by atomic mass is 35.5. The molecule has 1 aromatic heterocycles. The van der Waals surface area contributed by atoms with Gasteiger partial charge in [-0.05, 0) is 37.8 Å². The van der Waals surface area contributed by atoms with Crippen LogP contribution in [-0.2, 0) is 0 Å². The summed E-state index contributed by atoms with van der Waals surface area (Å²) in [6.07, 6.45) is 2.98. The van der Waals surface area contributed by atoms with Crippen molar-refractivity contribution in [1.29, 1.82) is 0 Å². The van der Waals surface area contributed by atoms with Crippen LogP contribution in [0.4, 0.5) is 5.82 Å². The third kappa shape index (κ3) is 2.17. The van der Waals surface area contributed by atoms with Crippen molar-refractivity contribution >= 4 is 23.4 Å². The molecule has 2 fully saturated rings. The summed E-state index contributed by atoms with van der Waals surface area (Å²) in [4.78, 5) is 17.6. The molecular formula is C13H15ClN2O3. The highest BCUT2D eigenvalue weighted by molar-refractivity contribution is 6.29. The van der Waals surface area contributed by atoms with Crippen molar-refractivity contribution in [2.45, 2.75) is 43.9 Å². The van der Waals surface area contributed by atoms with Crippen LogP contribution in [0, 0.1) is 0 Å². The van der Waals surface area contributed by atoms with Crippen molar-refractivity contribution in [2.24, 2.45) is 0 Å².